The van der Waals surface area contributed by atoms with Crippen LogP contribution >= 0.6 is 11.6 Å². The number of aryl methyl sites for hydroxylation is 2. The van der Waals surface area contributed by atoms with Gasteiger partial charge in [-0.3, -0.25) is 9.48 Å². The maximum absolute atomic E-state index is 12.0. The lowest BCUT2D eigenvalue weighted by molar-refractivity contribution is -0.128. The molecule has 1 fully saturated rings. The molecule has 1 aromatic heterocycles. The van der Waals surface area contributed by atoms with Crippen LogP contribution in [0.4, 0.5) is 5.69 Å². The van der Waals surface area contributed by atoms with E-state index in [-0.39, 0.29) is 5.91 Å². The Morgan fingerprint density at radius 1 is 1.32 bits per heavy atom. The largest absolute Gasteiger partial charge is 0.423 e. The number of carbonyl (C=O) groups excluding carboxylic acids is 2. The number of amides is 1. The molecule has 0 spiro atoms. The number of rotatable bonds is 4. The molecule has 1 aliphatic heterocycles. The molecule has 0 unspecified atom stereocenters. The SMILES string of the molecule is Cc1nn(C)c(Cl)c1/C=C/C(=O)Oc1ccc(N2CCCC2=O)cc1. The zero-order chi connectivity index (χ0) is 18.0. The fraction of sp³-hybridized carbons (Fsp3) is 0.278. The van der Waals surface area contributed by atoms with Crippen molar-refractivity contribution < 1.29 is 14.3 Å². The van der Waals surface area contributed by atoms with Gasteiger partial charge in [-0.25, -0.2) is 4.79 Å². The van der Waals surface area contributed by atoms with E-state index in [1.54, 1.807) is 47.0 Å². The van der Waals surface area contributed by atoms with Crippen LogP contribution < -0.4 is 9.64 Å². The molecule has 0 aliphatic carbocycles. The fourth-order valence-electron chi connectivity index (χ4n) is 2.75. The summed E-state index contributed by atoms with van der Waals surface area (Å²) in [4.78, 5) is 25.4. The van der Waals surface area contributed by atoms with Crippen molar-refractivity contribution in [3.8, 4) is 5.75 Å². The molecular formula is C18H18ClN3O3. The zero-order valence-electron chi connectivity index (χ0n) is 14.0. The maximum Gasteiger partial charge on any atom is 0.336 e. The molecule has 7 heteroatoms. The van der Waals surface area contributed by atoms with Crippen LogP contribution in [0.25, 0.3) is 6.08 Å². The van der Waals surface area contributed by atoms with Gasteiger partial charge in [-0.15, -0.1) is 0 Å². The summed E-state index contributed by atoms with van der Waals surface area (Å²) in [7, 11) is 1.73. The molecular weight excluding hydrogens is 342 g/mol. The van der Waals surface area contributed by atoms with Crippen molar-refractivity contribution in [3.63, 3.8) is 0 Å². The highest BCUT2D eigenvalue weighted by atomic mass is 35.5. The second-order valence-electron chi connectivity index (χ2n) is 5.81. The Morgan fingerprint density at radius 3 is 2.60 bits per heavy atom. The van der Waals surface area contributed by atoms with E-state index in [2.05, 4.69) is 5.10 Å². The van der Waals surface area contributed by atoms with Crippen LogP contribution in [0, 0.1) is 6.92 Å². The predicted molar refractivity (Wildman–Crippen MR) is 95.7 cm³/mol. The summed E-state index contributed by atoms with van der Waals surface area (Å²) in [5.74, 6) is 0.0276. The van der Waals surface area contributed by atoms with Crippen LogP contribution in [0.5, 0.6) is 5.75 Å². The Morgan fingerprint density at radius 2 is 2.04 bits per heavy atom. The highest BCUT2D eigenvalue weighted by Crippen LogP contribution is 2.24. The lowest BCUT2D eigenvalue weighted by Gasteiger charge is -2.15. The number of esters is 1. The maximum atomic E-state index is 12.0. The fourth-order valence-corrected chi connectivity index (χ4v) is 2.99. The van der Waals surface area contributed by atoms with E-state index < -0.39 is 5.97 Å². The van der Waals surface area contributed by atoms with Crippen molar-refractivity contribution >= 4 is 35.2 Å². The Labute approximate surface area is 150 Å². The third-order valence-electron chi connectivity index (χ3n) is 4.02. The molecule has 0 atom stereocenters. The summed E-state index contributed by atoms with van der Waals surface area (Å²) >= 11 is 6.11. The highest BCUT2D eigenvalue weighted by molar-refractivity contribution is 6.31. The quantitative estimate of drug-likeness (QED) is 0.478. The molecule has 1 saturated heterocycles. The molecule has 0 N–H and O–H groups in total. The monoisotopic (exact) mass is 359 g/mol. The molecule has 3 rings (SSSR count). The number of anilines is 1. The number of nitrogens with zero attached hydrogens (tertiary/aromatic N) is 3. The molecule has 1 aromatic carbocycles. The van der Waals surface area contributed by atoms with Gasteiger partial charge in [0.05, 0.1) is 5.69 Å². The van der Waals surface area contributed by atoms with Gasteiger partial charge < -0.3 is 9.64 Å². The number of carbonyl (C=O) groups is 2. The normalized spacial score (nSPS) is 14.5. The van der Waals surface area contributed by atoms with E-state index in [4.69, 9.17) is 16.3 Å². The summed E-state index contributed by atoms with van der Waals surface area (Å²) in [5, 5.41) is 4.63. The van der Waals surface area contributed by atoms with Crippen LogP contribution in [-0.4, -0.2) is 28.2 Å². The lowest BCUT2D eigenvalue weighted by atomic mass is 10.2. The minimum atomic E-state index is -0.510. The van der Waals surface area contributed by atoms with Crippen molar-refractivity contribution in [1.82, 2.24) is 9.78 Å². The Balaban J connectivity index is 1.65. The van der Waals surface area contributed by atoms with Gasteiger partial charge in [0.15, 0.2) is 0 Å². The van der Waals surface area contributed by atoms with E-state index in [1.165, 1.54) is 6.08 Å². The molecule has 0 bridgehead atoms. The summed E-state index contributed by atoms with van der Waals surface area (Å²) in [6.07, 6.45) is 4.35. The Kier molecular flexibility index (Phi) is 4.90. The van der Waals surface area contributed by atoms with E-state index in [1.807, 2.05) is 6.92 Å². The zero-order valence-corrected chi connectivity index (χ0v) is 14.8. The van der Waals surface area contributed by atoms with Gasteiger partial charge in [-0.1, -0.05) is 11.6 Å². The van der Waals surface area contributed by atoms with Crippen LogP contribution in [0.2, 0.25) is 5.15 Å². The molecule has 1 amide bonds. The molecule has 6 nitrogen and oxygen atoms in total. The third kappa shape index (κ3) is 3.74. The standard InChI is InChI=1S/C18H18ClN3O3/c1-12-15(18(19)21(2)20-12)9-10-17(24)25-14-7-5-13(6-8-14)22-11-3-4-16(22)23/h5-10H,3-4,11H2,1-2H3/b10-9+. The van der Waals surface area contributed by atoms with E-state index in [9.17, 15) is 9.59 Å². The third-order valence-corrected chi connectivity index (χ3v) is 4.47. The number of ether oxygens (including phenoxy) is 1. The van der Waals surface area contributed by atoms with Crippen molar-refractivity contribution in [3.05, 3.63) is 46.8 Å². The van der Waals surface area contributed by atoms with Crippen LogP contribution in [0.15, 0.2) is 30.3 Å². The number of benzene rings is 1. The molecule has 1 aliphatic rings. The summed E-state index contributed by atoms with van der Waals surface area (Å²) in [5.41, 5.74) is 2.23. The van der Waals surface area contributed by atoms with Crippen molar-refractivity contribution in [2.24, 2.45) is 7.05 Å². The molecule has 25 heavy (non-hydrogen) atoms. The highest BCUT2D eigenvalue weighted by Gasteiger charge is 2.21. The Bertz CT molecular complexity index is 840. The molecule has 0 saturated carbocycles. The van der Waals surface area contributed by atoms with Gasteiger partial charge in [-0.2, -0.15) is 5.10 Å². The molecule has 130 valence electrons. The second-order valence-corrected chi connectivity index (χ2v) is 6.17. The van der Waals surface area contributed by atoms with Crippen molar-refractivity contribution in [1.29, 1.82) is 0 Å². The lowest BCUT2D eigenvalue weighted by Crippen LogP contribution is -2.23. The van der Waals surface area contributed by atoms with Gasteiger partial charge in [0.1, 0.15) is 10.9 Å². The Hall–Kier alpha value is -2.60. The van der Waals surface area contributed by atoms with Gasteiger partial charge >= 0.3 is 5.97 Å². The molecule has 0 radical (unpaired) electrons. The number of hydrogen-bond acceptors (Lipinski definition) is 4. The van der Waals surface area contributed by atoms with Gasteiger partial charge in [0.25, 0.3) is 0 Å². The minimum Gasteiger partial charge on any atom is -0.423 e. The first-order valence-electron chi connectivity index (χ1n) is 7.95. The molecule has 2 aromatic rings. The predicted octanol–water partition coefficient (Wildman–Crippen LogP) is 3.13. The van der Waals surface area contributed by atoms with E-state index in [0.717, 1.165) is 24.3 Å². The number of halogens is 1. The van der Waals surface area contributed by atoms with Gasteiger partial charge in [0, 0.05) is 37.3 Å². The smallest absolute Gasteiger partial charge is 0.336 e. The van der Waals surface area contributed by atoms with Crippen LogP contribution in [0.3, 0.4) is 0 Å². The average molecular weight is 360 g/mol. The summed E-state index contributed by atoms with van der Waals surface area (Å²) < 4.78 is 6.81. The minimum absolute atomic E-state index is 0.122. The second kappa shape index (κ2) is 7.11. The molecule has 2 heterocycles. The van der Waals surface area contributed by atoms with Crippen LogP contribution in [0.1, 0.15) is 24.1 Å². The summed E-state index contributed by atoms with van der Waals surface area (Å²) in [6.45, 7) is 2.54. The van der Waals surface area contributed by atoms with Crippen molar-refractivity contribution in [2.45, 2.75) is 19.8 Å². The van der Waals surface area contributed by atoms with Crippen LogP contribution in [-0.2, 0) is 16.6 Å². The first kappa shape index (κ1) is 17.2. The first-order chi connectivity index (χ1) is 12.0. The van der Waals surface area contributed by atoms with Crippen molar-refractivity contribution in [2.75, 3.05) is 11.4 Å². The van der Waals surface area contributed by atoms with Gasteiger partial charge in [-0.05, 0) is 43.7 Å². The summed E-state index contributed by atoms with van der Waals surface area (Å²) in [6, 6.07) is 6.90. The first-order valence-corrected chi connectivity index (χ1v) is 8.33. The van der Waals surface area contributed by atoms with Gasteiger partial charge in [0.2, 0.25) is 5.91 Å². The van der Waals surface area contributed by atoms with E-state index in [0.29, 0.717) is 22.9 Å². The topological polar surface area (TPSA) is 64.4 Å². The van der Waals surface area contributed by atoms with E-state index >= 15 is 0 Å². The average Bonchev–Trinajstić information content (AvgIpc) is 3.10. The number of hydrogen-bond donors (Lipinski definition) is 0. The number of aromatic nitrogens is 2.